The quantitative estimate of drug-likeness (QED) is 0.670. The number of anilines is 1. The van der Waals surface area contributed by atoms with Crippen LogP contribution in [0.3, 0.4) is 0 Å². The standard InChI is InChI=1S/C17H23BrFN3O2/c1-11-9-22(15(23)24-16(2,3)4)17(5-6-17)10-21(11)14-8-12(19)7-13(18)20-14/h7-8,11H,5-6,9-10H2,1-4H3. The fraction of sp³-hybridized carbons (Fsp3) is 0.647. The Balaban J connectivity index is 1.81. The maximum atomic E-state index is 13.7. The number of halogens is 2. The number of ether oxygens (including phenoxy) is 1. The van der Waals surface area contributed by atoms with Crippen molar-refractivity contribution in [2.75, 3.05) is 18.0 Å². The molecule has 3 rings (SSSR count). The van der Waals surface area contributed by atoms with Crippen molar-refractivity contribution < 1.29 is 13.9 Å². The highest BCUT2D eigenvalue weighted by atomic mass is 79.9. The highest BCUT2D eigenvalue weighted by Gasteiger charge is 2.56. The van der Waals surface area contributed by atoms with Crippen LogP contribution in [0.25, 0.3) is 0 Å². The third-order valence-corrected chi connectivity index (χ3v) is 4.90. The smallest absolute Gasteiger partial charge is 0.410 e. The molecule has 0 aromatic carbocycles. The first-order valence-corrected chi connectivity index (χ1v) is 8.99. The van der Waals surface area contributed by atoms with E-state index in [2.05, 4.69) is 25.8 Å². The summed E-state index contributed by atoms with van der Waals surface area (Å²) in [4.78, 5) is 20.9. The minimum Gasteiger partial charge on any atom is -0.444 e. The number of hydrogen-bond acceptors (Lipinski definition) is 4. The van der Waals surface area contributed by atoms with Crippen molar-refractivity contribution in [3.63, 3.8) is 0 Å². The monoisotopic (exact) mass is 399 g/mol. The van der Waals surface area contributed by atoms with Crippen LogP contribution in [0.15, 0.2) is 16.7 Å². The van der Waals surface area contributed by atoms with Gasteiger partial charge in [-0.2, -0.15) is 0 Å². The van der Waals surface area contributed by atoms with E-state index in [-0.39, 0.29) is 23.5 Å². The van der Waals surface area contributed by atoms with Crippen molar-refractivity contribution in [3.8, 4) is 0 Å². The van der Waals surface area contributed by atoms with E-state index >= 15 is 0 Å². The first kappa shape index (κ1) is 17.5. The molecule has 1 aliphatic heterocycles. The molecule has 1 atom stereocenters. The average molecular weight is 400 g/mol. The van der Waals surface area contributed by atoms with Gasteiger partial charge in [-0.25, -0.2) is 14.2 Å². The molecule has 132 valence electrons. The second-order valence-corrected chi connectivity index (χ2v) is 8.57. The van der Waals surface area contributed by atoms with Crippen molar-refractivity contribution in [2.45, 2.75) is 57.7 Å². The van der Waals surface area contributed by atoms with Gasteiger partial charge in [-0.05, 0) is 56.5 Å². The van der Waals surface area contributed by atoms with Gasteiger partial charge in [-0.1, -0.05) is 0 Å². The first-order valence-electron chi connectivity index (χ1n) is 8.20. The lowest BCUT2D eigenvalue weighted by molar-refractivity contribution is 0.00726. The van der Waals surface area contributed by atoms with E-state index in [1.165, 1.54) is 12.1 Å². The number of carbonyl (C=O) groups excluding carboxylic acids is 1. The zero-order valence-electron chi connectivity index (χ0n) is 14.5. The minimum atomic E-state index is -0.511. The van der Waals surface area contributed by atoms with E-state index in [4.69, 9.17) is 4.74 Å². The number of hydrogen-bond donors (Lipinski definition) is 0. The molecule has 5 nitrogen and oxygen atoms in total. The molecule has 1 aliphatic carbocycles. The normalized spacial score (nSPS) is 22.7. The van der Waals surface area contributed by atoms with E-state index in [1.807, 2.05) is 32.6 Å². The summed E-state index contributed by atoms with van der Waals surface area (Å²) >= 11 is 3.25. The van der Waals surface area contributed by atoms with Gasteiger partial charge in [0.25, 0.3) is 0 Å². The van der Waals surface area contributed by atoms with Crippen molar-refractivity contribution in [1.29, 1.82) is 0 Å². The van der Waals surface area contributed by atoms with Gasteiger partial charge in [0.1, 0.15) is 21.8 Å². The van der Waals surface area contributed by atoms with E-state index in [0.29, 0.717) is 23.5 Å². The lowest BCUT2D eigenvalue weighted by atomic mass is 10.1. The van der Waals surface area contributed by atoms with E-state index in [0.717, 1.165) is 12.8 Å². The maximum Gasteiger partial charge on any atom is 0.410 e. The van der Waals surface area contributed by atoms with Gasteiger partial charge in [-0.15, -0.1) is 0 Å². The van der Waals surface area contributed by atoms with Crippen LogP contribution in [-0.2, 0) is 4.74 Å². The third kappa shape index (κ3) is 3.50. The number of nitrogens with zero attached hydrogens (tertiary/aromatic N) is 3. The fourth-order valence-corrected chi connectivity index (χ4v) is 3.58. The molecular formula is C17H23BrFN3O2. The predicted molar refractivity (Wildman–Crippen MR) is 93.6 cm³/mol. The second kappa shape index (κ2) is 5.86. The molecule has 0 N–H and O–H groups in total. The number of amides is 1. The Labute approximate surface area is 150 Å². The van der Waals surface area contributed by atoms with E-state index in [1.54, 1.807) is 0 Å². The van der Waals surface area contributed by atoms with Gasteiger partial charge in [0, 0.05) is 31.3 Å². The van der Waals surface area contributed by atoms with Crippen LogP contribution in [0.5, 0.6) is 0 Å². The topological polar surface area (TPSA) is 45.7 Å². The maximum absolute atomic E-state index is 13.7. The Morgan fingerprint density at radius 3 is 2.62 bits per heavy atom. The van der Waals surface area contributed by atoms with Crippen LogP contribution >= 0.6 is 15.9 Å². The highest BCUT2D eigenvalue weighted by molar-refractivity contribution is 9.10. The molecule has 1 spiro atoms. The third-order valence-electron chi connectivity index (χ3n) is 4.50. The molecule has 2 heterocycles. The van der Waals surface area contributed by atoms with Crippen LogP contribution in [0.2, 0.25) is 0 Å². The summed E-state index contributed by atoms with van der Waals surface area (Å²) in [5.74, 6) is 0.281. The summed E-state index contributed by atoms with van der Waals surface area (Å²) in [5.41, 5.74) is -0.724. The second-order valence-electron chi connectivity index (χ2n) is 7.76. The van der Waals surface area contributed by atoms with Crippen LogP contribution < -0.4 is 4.90 Å². The molecule has 0 bridgehead atoms. The van der Waals surface area contributed by atoms with Gasteiger partial charge in [-0.3, -0.25) is 4.90 Å². The van der Waals surface area contributed by atoms with Crippen molar-refractivity contribution in [1.82, 2.24) is 9.88 Å². The number of aromatic nitrogens is 1. The van der Waals surface area contributed by atoms with E-state index in [9.17, 15) is 9.18 Å². The molecule has 24 heavy (non-hydrogen) atoms. The molecule has 1 saturated carbocycles. The van der Waals surface area contributed by atoms with Crippen LogP contribution in [0.1, 0.15) is 40.5 Å². The molecule has 1 amide bonds. The molecule has 2 fully saturated rings. The van der Waals surface area contributed by atoms with E-state index < -0.39 is 5.60 Å². The minimum absolute atomic E-state index is 0.0324. The lowest BCUT2D eigenvalue weighted by Crippen LogP contribution is -2.61. The highest BCUT2D eigenvalue weighted by Crippen LogP contribution is 2.46. The van der Waals surface area contributed by atoms with Gasteiger partial charge in [0.2, 0.25) is 0 Å². The van der Waals surface area contributed by atoms with Gasteiger partial charge >= 0.3 is 6.09 Å². The van der Waals surface area contributed by atoms with Crippen LogP contribution in [-0.4, -0.2) is 46.2 Å². The summed E-state index contributed by atoms with van der Waals surface area (Å²) in [7, 11) is 0. The Morgan fingerprint density at radius 2 is 2.08 bits per heavy atom. The Morgan fingerprint density at radius 1 is 1.42 bits per heavy atom. The van der Waals surface area contributed by atoms with Gasteiger partial charge in [0.05, 0.1) is 5.54 Å². The molecule has 2 aliphatic rings. The molecular weight excluding hydrogens is 377 g/mol. The number of carbonyl (C=O) groups is 1. The summed E-state index contributed by atoms with van der Waals surface area (Å²) in [6.45, 7) is 8.84. The lowest BCUT2D eigenvalue weighted by Gasteiger charge is -2.46. The Hall–Kier alpha value is -1.37. The summed E-state index contributed by atoms with van der Waals surface area (Å²) < 4.78 is 19.8. The van der Waals surface area contributed by atoms with Crippen LogP contribution in [0.4, 0.5) is 15.0 Å². The van der Waals surface area contributed by atoms with Crippen molar-refractivity contribution >= 4 is 27.8 Å². The summed E-state index contributed by atoms with van der Waals surface area (Å²) in [6.07, 6.45) is 1.61. The number of rotatable bonds is 1. The Bertz CT molecular complexity index is 637. The fourth-order valence-electron chi connectivity index (χ4n) is 3.18. The largest absolute Gasteiger partial charge is 0.444 e. The van der Waals surface area contributed by atoms with Crippen LogP contribution in [0, 0.1) is 5.82 Å². The number of pyridine rings is 1. The SMILES string of the molecule is CC1CN(C(=O)OC(C)(C)C)C2(CC2)CN1c1cc(F)cc(Br)n1. The van der Waals surface area contributed by atoms with Gasteiger partial charge in [0.15, 0.2) is 0 Å². The summed E-state index contributed by atoms with van der Waals surface area (Å²) in [6, 6.07) is 2.82. The Kier molecular flexibility index (Phi) is 4.26. The zero-order chi connectivity index (χ0) is 17.7. The molecule has 0 radical (unpaired) electrons. The predicted octanol–water partition coefficient (Wildman–Crippen LogP) is 3.96. The summed E-state index contributed by atoms with van der Waals surface area (Å²) in [5, 5.41) is 0. The average Bonchev–Trinajstić information content (AvgIpc) is 3.18. The van der Waals surface area contributed by atoms with Gasteiger partial charge < -0.3 is 9.64 Å². The molecule has 1 aromatic heterocycles. The molecule has 7 heteroatoms. The molecule has 1 aromatic rings. The number of piperazine rings is 1. The molecule has 1 unspecified atom stereocenters. The van der Waals surface area contributed by atoms with Crippen molar-refractivity contribution in [2.24, 2.45) is 0 Å². The zero-order valence-corrected chi connectivity index (χ0v) is 16.1. The van der Waals surface area contributed by atoms with Crippen molar-refractivity contribution in [3.05, 3.63) is 22.6 Å². The molecule has 1 saturated heterocycles. The first-order chi connectivity index (χ1) is 11.1.